The molecule has 0 unspecified atom stereocenters. The van der Waals surface area contributed by atoms with Crippen molar-refractivity contribution in [3.05, 3.63) is 79.5 Å². The van der Waals surface area contributed by atoms with Crippen LogP contribution in [0.25, 0.3) is 16.7 Å². The van der Waals surface area contributed by atoms with Crippen molar-refractivity contribution in [2.45, 2.75) is 32.7 Å². The molecule has 0 N–H and O–H groups in total. The van der Waals surface area contributed by atoms with Crippen LogP contribution in [0.5, 0.6) is 0 Å². The van der Waals surface area contributed by atoms with Crippen LogP contribution in [0, 0.1) is 5.92 Å². The molecule has 7 nitrogen and oxygen atoms in total. The highest BCUT2D eigenvalue weighted by molar-refractivity contribution is 6.30. The van der Waals surface area contributed by atoms with Crippen LogP contribution >= 0.6 is 11.6 Å². The summed E-state index contributed by atoms with van der Waals surface area (Å²) in [6, 6.07) is 6.69. The van der Waals surface area contributed by atoms with Gasteiger partial charge in [0.05, 0.1) is 22.6 Å². The monoisotopic (exact) mass is 407 g/mol. The molecule has 146 valence electrons. The van der Waals surface area contributed by atoms with Crippen LogP contribution in [0.15, 0.2) is 46.4 Å². The maximum atomic E-state index is 13.0. The fourth-order valence-electron chi connectivity index (χ4n) is 3.92. The first kappa shape index (κ1) is 18.0. The van der Waals surface area contributed by atoms with Gasteiger partial charge in [0.1, 0.15) is 12.0 Å². The van der Waals surface area contributed by atoms with Crippen LogP contribution in [0.3, 0.4) is 0 Å². The van der Waals surface area contributed by atoms with E-state index in [9.17, 15) is 9.59 Å². The molecule has 0 aliphatic heterocycles. The zero-order valence-electron chi connectivity index (χ0n) is 15.8. The van der Waals surface area contributed by atoms with Crippen molar-refractivity contribution < 1.29 is 0 Å². The van der Waals surface area contributed by atoms with Crippen molar-refractivity contribution in [1.29, 1.82) is 0 Å². The Bertz CT molecular complexity index is 1390. The molecule has 8 heteroatoms. The molecule has 0 fully saturated rings. The number of rotatable bonds is 2. The van der Waals surface area contributed by atoms with E-state index in [1.807, 2.05) is 6.07 Å². The van der Waals surface area contributed by atoms with Crippen LogP contribution in [0.4, 0.5) is 0 Å². The summed E-state index contributed by atoms with van der Waals surface area (Å²) in [6.07, 6.45) is 5.96. The summed E-state index contributed by atoms with van der Waals surface area (Å²) >= 11 is 5.95. The van der Waals surface area contributed by atoms with E-state index in [2.05, 4.69) is 21.9 Å². The van der Waals surface area contributed by atoms with Gasteiger partial charge in [0.2, 0.25) is 0 Å². The molecular formula is C21H18ClN5O2. The van der Waals surface area contributed by atoms with E-state index in [0.29, 0.717) is 33.3 Å². The topological polar surface area (TPSA) is 82.2 Å². The molecule has 0 spiro atoms. The van der Waals surface area contributed by atoms with Crippen molar-refractivity contribution in [3.8, 4) is 0 Å². The Morgan fingerprint density at radius 2 is 2.07 bits per heavy atom. The van der Waals surface area contributed by atoms with Gasteiger partial charge in [-0.2, -0.15) is 0 Å². The first-order valence-corrected chi connectivity index (χ1v) is 9.91. The van der Waals surface area contributed by atoms with E-state index >= 15 is 0 Å². The number of pyridine rings is 2. The summed E-state index contributed by atoms with van der Waals surface area (Å²) in [6.45, 7) is 2.37. The largest absolute Gasteiger partial charge is 0.293 e. The third kappa shape index (κ3) is 3.21. The minimum Gasteiger partial charge on any atom is -0.293 e. The Labute approximate surface area is 170 Å². The second kappa shape index (κ2) is 6.77. The van der Waals surface area contributed by atoms with Crippen molar-refractivity contribution in [1.82, 2.24) is 23.9 Å². The van der Waals surface area contributed by atoms with Gasteiger partial charge in [0, 0.05) is 18.0 Å². The maximum absolute atomic E-state index is 13.0. The third-order valence-corrected chi connectivity index (χ3v) is 5.66. The maximum Gasteiger partial charge on any atom is 0.263 e. The van der Waals surface area contributed by atoms with E-state index in [-0.39, 0.29) is 17.7 Å². The zero-order chi connectivity index (χ0) is 20.1. The molecule has 1 aliphatic rings. The Kier molecular flexibility index (Phi) is 4.20. The number of nitrogens with zero attached hydrogens (tertiary/aromatic N) is 5. The minimum atomic E-state index is -0.251. The Hall–Kier alpha value is -3.06. The summed E-state index contributed by atoms with van der Waals surface area (Å²) in [7, 11) is 0. The molecule has 1 atom stereocenters. The lowest BCUT2D eigenvalue weighted by Crippen LogP contribution is -2.24. The number of aromatic nitrogens is 5. The normalized spacial score (nSPS) is 16.3. The SMILES string of the molecule is C[C@@H]1CCc2nc3ncn(Cc4cc(=O)n5cc(Cl)ccc5n4)c(=O)c3cc2C1. The summed E-state index contributed by atoms with van der Waals surface area (Å²) in [4.78, 5) is 38.9. The molecule has 5 rings (SSSR count). The summed E-state index contributed by atoms with van der Waals surface area (Å²) < 4.78 is 2.85. The lowest BCUT2D eigenvalue weighted by molar-refractivity contribution is 0.495. The Morgan fingerprint density at radius 1 is 1.21 bits per heavy atom. The fraction of sp³-hybridized carbons (Fsp3) is 0.286. The average Bonchev–Trinajstić information content (AvgIpc) is 2.70. The number of hydrogen-bond donors (Lipinski definition) is 0. The molecular weight excluding hydrogens is 390 g/mol. The summed E-state index contributed by atoms with van der Waals surface area (Å²) in [5, 5.41) is 0.957. The van der Waals surface area contributed by atoms with Gasteiger partial charge >= 0.3 is 0 Å². The van der Waals surface area contributed by atoms with E-state index in [4.69, 9.17) is 11.6 Å². The Balaban J connectivity index is 1.58. The quantitative estimate of drug-likeness (QED) is 0.510. The van der Waals surface area contributed by atoms with Crippen LogP contribution < -0.4 is 11.1 Å². The molecule has 4 aromatic heterocycles. The smallest absolute Gasteiger partial charge is 0.263 e. The minimum absolute atomic E-state index is 0.156. The molecule has 4 aromatic rings. The highest BCUT2D eigenvalue weighted by atomic mass is 35.5. The molecule has 1 aliphatic carbocycles. The molecule has 0 bridgehead atoms. The molecule has 0 radical (unpaired) electrons. The molecule has 0 amide bonds. The summed E-state index contributed by atoms with van der Waals surface area (Å²) in [5.74, 6) is 0.587. The number of halogens is 1. The highest BCUT2D eigenvalue weighted by Gasteiger charge is 2.19. The van der Waals surface area contributed by atoms with Gasteiger partial charge in [-0.3, -0.25) is 18.6 Å². The van der Waals surface area contributed by atoms with E-state index < -0.39 is 0 Å². The number of aryl methyl sites for hydroxylation is 1. The second-order valence-corrected chi connectivity index (χ2v) is 8.09. The predicted octanol–water partition coefficient (Wildman–Crippen LogP) is 2.63. The van der Waals surface area contributed by atoms with Gasteiger partial charge in [-0.05, 0) is 48.9 Å². The Morgan fingerprint density at radius 3 is 2.93 bits per heavy atom. The first-order chi connectivity index (χ1) is 14.0. The van der Waals surface area contributed by atoms with Gasteiger partial charge in [0.15, 0.2) is 5.65 Å². The number of fused-ring (bicyclic) bond motifs is 3. The fourth-order valence-corrected chi connectivity index (χ4v) is 4.08. The van der Waals surface area contributed by atoms with Crippen LogP contribution in [-0.4, -0.2) is 23.9 Å². The first-order valence-electron chi connectivity index (χ1n) is 9.54. The van der Waals surface area contributed by atoms with Gasteiger partial charge in [0.25, 0.3) is 11.1 Å². The van der Waals surface area contributed by atoms with Crippen molar-refractivity contribution in [2.24, 2.45) is 5.92 Å². The van der Waals surface area contributed by atoms with Gasteiger partial charge in [-0.15, -0.1) is 0 Å². The van der Waals surface area contributed by atoms with Crippen LogP contribution in [0.2, 0.25) is 5.02 Å². The standard InChI is InChI=1S/C21H18ClN5O2/c1-12-2-4-17-13(6-12)7-16-20(25-17)23-11-26(21(16)29)10-15-8-19(28)27-9-14(22)3-5-18(27)24-15/h3,5,7-9,11-12H,2,4,6,10H2,1H3/t12-/m1/s1. The van der Waals surface area contributed by atoms with Gasteiger partial charge in [-0.25, -0.2) is 15.0 Å². The molecule has 0 aromatic carbocycles. The van der Waals surface area contributed by atoms with E-state index in [1.165, 1.54) is 27.6 Å². The summed E-state index contributed by atoms with van der Waals surface area (Å²) in [5.41, 5.74) is 3.18. The predicted molar refractivity (Wildman–Crippen MR) is 111 cm³/mol. The average molecular weight is 408 g/mol. The van der Waals surface area contributed by atoms with E-state index in [1.54, 1.807) is 12.1 Å². The van der Waals surface area contributed by atoms with Crippen molar-refractivity contribution in [2.75, 3.05) is 0 Å². The molecule has 29 heavy (non-hydrogen) atoms. The van der Waals surface area contributed by atoms with Crippen molar-refractivity contribution in [3.63, 3.8) is 0 Å². The zero-order valence-corrected chi connectivity index (χ0v) is 16.6. The number of hydrogen-bond acceptors (Lipinski definition) is 5. The third-order valence-electron chi connectivity index (χ3n) is 5.43. The highest BCUT2D eigenvalue weighted by Crippen LogP contribution is 2.25. The molecule has 0 saturated heterocycles. The van der Waals surface area contributed by atoms with Crippen LogP contribution in [-0.2, 0) is 19.4 Å². The molecule has 0 saturated carbocycles. The lowest BCUT2D eigenvalue weighted by Gasteiger charge is -2.20. The van der Waals surface area contributed by atoms with Crippen molar-refractivity contribution >= 4 is 28.3 Å². The van der Waals surface area contributed by atoms with Crippen LogP contribution in [0.1, 0.15) is 30.3 Å². The molecule has 4 heterocycles. The second-order valence-electron chi connectivity index (χ2n) is 7.65. The van der Waals surface area contributed by atoms with E-state index in [0.717, 1.165) is 30.5 Å². The van der Waals surface area contributed by atoms with Gasteiger partial charge in [-0.1, -0.05) is 18.5 Å². The lowest BCUT2D eigenvalue weighted by atomic mass is 9.87. The van der Waals surface area contributed by atoms with Gasteiger partial charge < -0.3 is 0 Å².